The van der Waals surface area contributed by atoms with Crippen molar-refractivity contribution in [2.75, 3.05) is 33.3 Å². The normalized spacial score (nSPS) is 42.7. The Hall–Kier alpha value is -1.59. The van der Waals surface area contributed by atoms with Gasteiger partial charge in [-0.05, 0) is 17.7 Å². The first-order chi connectivity index (χ1) is 10.4. The topological polar surface area (TPSA) is 53.0 Å². The van der Waals surface area contributed by atoms with E-state index in [1.165, 1.54) is 0 Å². The number of piperidine rings is 2. The third-order valence-corrected chi connectivity index (χ3v) is 5.50. The summed E-state index contributed by atoms with van der Waals surface area (Å²) in [5.41, 5.74) is 0.624. The van der Waals surface area contributed by atoms with Gasteiger partial charge in [0.05, 0.1) is 24.1 Å². The van der Waals surface area contributed by atoms with Crippen molar-refractivity contribution in [3.63, 3.8) is 0 Å². The second-order valence-electron chi connectivity index (χ2n) is 7.57. The first-order valence-electron chi connectivity index (χ1n) is 7.76. The molecule has 4 heterocycles. The number of aromatic hydroxyl groups is 1. The SMILES string of the molecule is COc1cc(C2N3CC4(C)CN2CC(C)(C3)C4=O)ccc1O. The van der Waals surface area contributed by atoms with E-state index in [4.69, 9.17) is 4.74 Å². The van der Waals surface area contributed by atoms with Gasteiger partial charge in [0.15, 0.2) is 11.5 Å². The zero-order valence-electron chi connectivity index (χ0n) is 13.3. The van der Waals surface area contributed by atoms with E-state index in [9.17, 15) is 9.90 Å². The fraction of sp³-hybridized carbons (Fsp3) is 0.588. The number of ketones is 1. The van der Waals surface area contributed by atoms with Crippen molar-refractivity contribution in [2.24, 2.45) is 10.8 Å². The molecule has 1 aromatic carbocycles. The van der Waals surface area contributed by atoms with Crippen LogP contribution in [-0.2, 0) is 4.79 Å². The Labute approximate surface area is 130 Å². The number of hydrogen-bond acceptors (Lipinski definition) is 5. The van der Waals surface area contributed by atoms with Gasteiger partial charge in [-0.15, -0.1) is 0 Å². The van der Waals surface area contributed by atoms with Crippen LogP contribution in [-0.4, -0.2) is 54.0 Å². The molecule has 0 spiro atoms. The molecule has 0 unspecified atom stereocenters. The minimum absolute atomic E-state index is 0.161. The van der Waals surface area contributed by atoms with E-state index in [-0.39, 0.29) is 22.7 Å². The number of benzene rings is 1. The maximum absolute atomic E-state index is 12.7. The van der Waals surface area contributed by atoms with Gasteiger partial charge in [-0.3, -0.25) is 14.6 Å². The van der Waals surface area contributed by atoms with Crippen molar-refractivity contribution >= 4 is 5.78 Å². The number of phenolic OH excluding ortho intramolecular Hbond substituents is 1. The highest BCUT2D eigenvalue weighted by Crippen LogP contribution is 2.52. The van der Waals surface area contributed by atoms with Gasteiger partial charge >= 0.3 is 0 Å². The molecule has 0 aromatic heterocycles. The van der Waals surface area contributed by atoms with E-state index >= 15 is 0 Å². The second kappa shape index (κ2) is 4.24. The number of hydrogen-bond donors (Lipinski definition) is 1. The Morgan fingerprint density at radius 3 is 2.18 bits per heavy atom. The lowest BCUT2D eigenvalue weighted by Gasteiger charge is -2.64. The van der Waals surface area contributed by atoms with Crippen LogP contribution in [0.4, 0.5) is 0 Å². The van der Waals surface area contributed by atoms with Gasteiger partial charge in [0, 0.05) is 26.2 Å². The van der Waals surface area contributed by atoms with Gasteiger partial charge in [0.2, 0.25) is 0 Å². The largest absolute Gasteiger partial charge is 0.504 e. The molecule has 1 N–H and O–H groups in total. The monoisotopic (exact) mass is 302 g/mol. The molecule has 0 radical (unpaired) electrons. The third-order valence-electron chi connectivity index (χ3n) is 5.50. The smallest absolute Gasteiger partial charge is 0.160 e. The van der Waals surface area contributed by atoms with Crippen LogP contribution in [0.25, 0.3) is 0 Å². The molecular formula is C17H22N2O3. The Bertz CT molecular complexity index is 617. The zero-order valence-corrected chi connectivity index (χ0v) is 13.3. The summed E-state index contributed by atoms with van der Waals surface area (Å²) in [6.45, 7) is 7.44. The van der Waals surface area contributed by atoms with Crippen LogP contribution < -0.4 is 4.74 Å². The van der Waals surface area contributed by atoms with Crippen molar-refractivity contribution in [3.05, 3.63) is 23.8 Å². The Balaban J connectivity index is 1.73. The van der Waals surface area contributed by atoms with Crippen LogP contribution in [0.3, 0.4) is 0 Å². The Morgan fingerprint density at radius 2 is 1.68 bits per heavy atom. The highest BCUT2D eigenvalue weighted by Gasteiger charge is 2.62. The van der Waals surface area contributed by atoms with Crippen molar-refractivity contribution in [3.8, 4) is 11.5 Å². The lowest BCUT2D eigenvalue weighted by atomic mass is 9.62. The molecule has 4 saturated heterocycles. The molecule has 0 atom stereocenters. The van der Waals surface area contributed by atoms with Crippen molar-refractivity contribution < 1.29 is 14.6 Å². The van der Waals surface area contributed by atoms with Crippen LogP contribution >= 0.6 is 0 Å². The summed E-state index contributed by atoms with van der Waals surface area (Å²) >= 11 is 0. The number of nitrogens with zero attached hydrogens (tertiary/aromatic N) is 2. The molecule has 5 rings (SSSR count). The lowest BCUT2D eigenvalue weighted by Crippen LogP contribution is -2.75. The molecule has 5 heteroatoms. The zero-order chi connectivity index (χ0) is 15.7. The number of rotatable bonds is 2. The third kappa shape index (κ3) is 1.69. The first-order valence-corrected chi connectivity index (χ1v) is 7.76. The molecule has 22 heavy (non-hydrogen) atoms. The van der Waals surface area contributed by atoms with Crippen molar-refractivity contribution in [1.82, 2.24) is 9.80 Å². The van der Waals surface area contributed by atoms with Crippen LogP contribution in [0.15, 0.2) is 18.2 Å². The number of carbonyl (C=O) groups is 1. The Kier molecular flexibility index (Phi) is 2.70. The van der Waals surface area contributed by atoms with E-state index in [1.807, 2.05) is 12.1 Å². The van der Waals surface area contributed by atoms with Gasteiger partial charge in [0.25, 0.3) is 0 Å². The van der Waals surface area contributed by atoms with E-state index < -0.39 is 0 Å². The van der Waals surface area contributed by atoms with E-state index in [0.29, 0.717) is 11.5 Å². The molecule has 1 aromatic rings. The van der Waals surface area contributed by atoms with Gasteiger partial charge in [-0.2, -0.15) is 0 Å². The molecule has 4 bridgehead atoms. The summed E-state index contributed by atoms with van der Waals surface area (Å²) in [4.78, 5) is 17.5. The summed E-state index contributed by atoms with van der Waals surface area (Å²) in [5, 5.41) is 9.81. The predicted molar refractivity (Wildman–Crippen MR) is 81.8 cm³/mol. The molecular weight excluding hydrogens is 280 g/mol. The van der Waals surface area contributed by atoms with Gasteiger partial charge in [-0.1, -0.05) is 19.9 Å². The van der Waals surface area contributed by atoms with Crippen LogP contribution in [0.2, 0.25) is 0 Å². The fourth-order valence-electron chi connectivity index (χ4n) is 4.87. The quantitative estimate of drug-likeness (QED) is 0.900. The number of ether oxygens (including phenoxy) is 1. The molecule has 0 saturated carbocycles. The lowest BCUT2D eigenvalue weighted by molar-refractivity contribution is -0.197. The maximum Gasteiger partial charge on any atom is 0.160 e. The molecule has 5 nitrogen and oxygen atoms in total. The molecule has 0 amide bonds. The highest BCUT2D eigenvalue weighted by atomic mass is 16.5. The molecule has 4 fully saturated rings. The standard InChI is InChI=1S/C17H22N2O3/c1-16-7-18-9-17(2,15(16)21)10-19(8-16)14(18)11-4-5-12(20)13(6-11)22-3/h4-6,14,20H,7-10H2,1-3H3. The van der Waals surface area contributed by atoms with E-state index in [1.54, 1.807) is 13.2 Å². The molecule has 4 aliphatic heterocycles. The van der Waals surface area contributed by atoms with Crippen molar-refractivity contribution in [1.29, 1.82) is 0 Å². The summed E-state index contributed by atoms with van der Waals surface area (Å²) in [6, 6.07) is 5.56. The van der Waals surface area contributed by atoms with Gasteiger partial charge in [0.1, 0.15) is 5.78 Å². The Morgan fingerprint density at radius 1 is 1.14 bits per heavy atom. The minimum Gasteiger partial charge on any atom is -0.504 e. The summed E-state index contributed by atoms with van der Waals surface area (Å²) in [5.74, 6) is 1.09. The number of methoxy groups -OCH3 is 1. The van der Waals surface area contributed by atoms with Crippen LogP contribution in [0.1, 0.15) is 25.6 Å². The number of carbonyl (C=O) groups excluding carboxylic acids is 1. The predicted octanol–water partition coefficient (Wildman–Crippen LogP) is 1.63. The van der Waals surface area contributed by atoms with E-state index in [0.717, 1.165) is 31.7 Å². The molecule has 0 aliphatic carbocycles. The van der Waals surface area contributed by atoms with Crippen molar-refractivity contribution in [2.45, 2.75) is 20.0 Å². The summed E-state index contributed by atoms with van der Waals surface area (Å²) < 4.78 is 5.24. The molecule has 118 valence electrons. The minimum atomic E-state index is -0.247. The first kappa shape index (κ1) is 14.0. The maximum atomic E-state index is 12.7. The van der Waals surface area contributed by atoms with Crippen LogP contribution in [0.5, 0.6) is 11.5 Å². The second-order valence-corrected chi connectivity index (χ2v) is 7.57. The fourth-order valence-corrected chi connectivity index (χ4v) is 4.87. The highest BCUT2D eigenvalue weighted by molar-refractivity contribution is 5.92. The van der Waals surface area contributed by atoms with Crippen LogP contribution in [0, 0.1) is 10.8 Å². The number of Topliss-reactive ketones (excluding diaryl/α,β-unsaturated/α-hetero) is 1. The van der Waals surface area contributed by atoms with Gasteiger partial charge in [-0.25, -0.2) is 0 Å². The average Bonchev–Trinajstić information content (AvgIpc) is 2.45. The number of phenols is 1. The van der Waals surface area contributed by atoms with Gasteiger partial charge < -0.3 is 9.84 Å². The summed E-state index contributed by atoms with van der Waals surface area (Å²) in [6.07, 6.45) is 0.170. The molecule has 4 aliphatic rings. The summed E-state index contributed by atoms with van der Waals surface area (Å²) in [7, 11) is 1.57. The average molecular weight is 302 g/mol. The van der Waals surface area contributed by atoms with E-state index in [2.05, 4.69) is 23.6 Å².